The lowest BCUT2D eigenvalue weighted by Crippen LogP contribution is -2.27. The largest absolute Gasteiger partial charge is 0.497 e. The molecule has 1 aromatic heterocycles. The van der Waals surface area contributed by atoms with Crippen LogP contribution in [-0.2, 0) is 10.0 Å². The highest BCUT2D eigenvalue weighted by Crippen LogP contribution is 2.24. The van der Waals surface area contributed by atoms with Crippen molar-refractivity contribution in [3.05, 3.63) is 47.3 Å². The zero-order valence-electron chi connectivity index (χ0n) is 11.4. The number of hydrogen-bond donors (Lipinski definition) is 1. The molecule has 0 fully saturated rings. The standard InChI is InChI=1S/C14H17NO3S2/c1-3-13(11-6-8-12(18-2)9-7-11)15-20(16,17)14-5-4-10-19-14/h4-10,13,15H,3H2,1-2H3. The molecule has 1 unspecified atom stereocenters. The molecule has 0 saturated heterocycles. The summed E-state index contributed by atoms with van der Waals surface area (Å²) in [6.07, 6.45) is 0.678. The van der Waals surface area contributed by atoms with Crippen molar-refractivity contribution < 1.29 is 13.2 Å². The van der Waals surface area contributed by atoms with Crippen molar-refractivity contribution in [1.82, 2.24) is 4.72 Å². The number of benzene rings is 1. The van der Waals surface area contributed by atoms with Crippen LogP contribution in [0.4, 0.5) is 0 Å². The SMILES string of the molecule is CCC(NS(=O)(=O)c1cccs1)c1ccc(OC)cc1. The van der Waals surface area contributed by atoms with Gasteiger partial charge in [0, 0.05) is 6.04 Å². The van der Waals surface area contributed by atoms with Gasteiger partial charge in [-0.05, 0) is 35.6 Å². The first-order valence-electron chi connectivity index (χ1n) is 6.26. The van der Waals surface area contributed by atoms with Crippen molar-refractivity contribution in [3.63, 3.8) is 0 Å². The van der Waals surface area contributed by atoms with Gasteiger partial charge >= 0.3 is 0 Å². The molecule has 0 aliphatic rings. The Hall–Kier alpha value is -1.37. The summed E-state index contributed by atoms with van der Waals surface area (Å²) in [5.41, 5.74) is 0.924. The molecule has 108 valence electrons. The lowest BCUT2D eigenvalue weighted by Gasteiger charge is -2.17. The topological polar surface area (TPSA) is 55.4 Å². The van der Waals surface area contributed by atoms with E-state index in [4.69, 9.17) is 4.74 Å². The minimum atomic E-state index is -3.45. The van der Waals surface area contributed by atoms with Gasteiger partial charge in [0.05, 0.1) is 7.11 Å². The average molecular weight is 311 g/mol. The highest BCUT2D eigenvalue weighted by atomic mass is 32.2. The molecular weight excluding hydrogens is 294 g/mol. The Bertz CT molecular complexity index is 634. The number of nitrogens with one attached hydrogen (secondary N) is 1. The van der Waals surface area contributed by atoms with Gasteiger partial charge in [0.25, 0.3) is 10.0 Å². The summed E-state index contributed by atoms with van der Waals surface area (Å²) in [7, 11) is -1.85. The maximum Gasteiger partial charge on any atom is 0.250 e. The van der Waals surface area contributed by atoms with E-state index < -0.39 is 10.0 Å². The summed E-state index contributed by atoms with van der Waals surface area (Å²) in [5.74, 6) is 0.754. The van der Waals surface area contributed by atoms with Crippen LogP contribution in [0.5, 0.6) is 5.75 Å². The lowest BCUT2D eigenvalue weighted by atomic mass is 10.1. The molecule has 2 rings (SSSR count). The van der Waals surface area contributed by atoms with E-state index in [0.717, 1.165) is 11.3 Å². The number of methoxy groups -OCH3 is 1. The molecule has 0 saturated carbocycles. The zero-order valence-corrected chi connectivity index (χ0v) is 13.0. The van der Waals surface area contributed by atoms with Gasteiger partial charge in [-0.3, -0.25) is 0 Å². The van der Waals surface area contributed by atoms with Crippen molar-refractivity contribution in [2.75, 3.05) is 7.11 Å². The summed E-state index contributed by atoms with van der Waals surface area (Å²) in [6.45, 7) is 1.95. The molecule has 1 atom stereocenters. The molecule has 1 aromatic carbocycles. The molecule has 0 spiro atoms. The summed E-state index contributed by atoms with van der Waals surface area (Å²) in [6, 6.07) is 10.5. The lowest BCUT2D eigenvalue weighted by molar-refractivity contribution is 0.414. The summed E-state index contributed by atoms with van der Waals surface area (Å²) < 4.78 is 32.7. The first-order valence-corrected chi connectivity index (χ1v) is 8.63. The number of rotatable bonds is 6. The van der Waals surface area contributed by atoms with Crippen LogP contribution in [-0.4, -0.2) is 15.5 Å². The highest BCUT2D eigenvalue weighted by molar-refractivity contribution is 7.91. The third kappa shape index (κ3) is 3.39. The van der Waals surface area contributed by atoms with Gasteiger partial charge in [0.1, 0.15) is 9.96 Å². The van der Waals surface area contributed by atoms with Crippen molar-refractivity contribution in [2.45, 2.75) is 23.6 Å². The second-order valence-electron chi connectivity index (χ2n) is 4.29. The monoisotopic (exact) mass is 311 g/mol. The van der Waals surface area contributed by atoms with Gasteiger partial charge in [0.2, 0.25) is 0 Å². The minimum absolute atomic E-state index is 0.243. The van der Waals surface area contributed by atoms with E-state index in [9.17, 15) is 8.42 Å². The van der Waals surface area contributed by atoms with E-state index in [0.29, 0.717) is 10.6 Å². The van der Waals surface area contributed by atoms with E-state index in [2.05, 4.69) is 4.72 Å². The molecular formula is C14H17NO3S2. The van der Waals surface area contributed by atoms with Gasteiger partial charge in [-0.15, -0.1) is 11.3 Å². The van der Waals surface area contributed by atoms with Crippen molar-refractivity contribution >= 4 is 21.4 Å². The summed E-state index contributed by atoms with van der Waals surface area (Å²) in [4.78, 5) is 0. The van der Waals surface area contributed by atoms with Crippen molar-refractivity contribution in [2.24, 2.45) is 0 Å². The predicted octanol–water partition coefficient (Wildman–Crippen LogP) is 3.19. The number of hydrogen-bond acceptors (Lipinski definition) is 4. The normalized spacial score (nSPS) is 13.1. The molecule has 6 heteroatoms. The van der Waals surface area contributed by atoms with Gasteiger partial charge in [-0.25, -0.2) is 13.1 Å². The fourth-order valence-electron chi connectivity index (χ4n) is 1.89. The molecule has 0 radical (unpaired) electrons. The van der Waals surface area contributed by atoms with Gasteiger partial charge in [0.15, 0.2) is 0 Å². The molecule has 1 heterocycles. The van der Waals surface area contributed by atoms with Crippen LogP contribution in [0.3, 0.4) is 0 Å². The predicted molar refractivity (Wildman–Crippen MR) is 80.7 cm³/mol. The van der Waals surface area contributed by atoms with Crippen LogP contribution in [0.1, 0.15) is 24.9 Å². The Morgan fingerprint density at radius 1 is 1.25 bits per heavy atom. The Labute approximate surface area is 123 Å². The van der Waals surface area contributed by atoms with E-state index in [1.807, 2.05) is 31.2 Å². The Morgan fingerprint density at radius 3 is 2.45 bits per heavy atom. The molecule has 0 aliphatic heterocycles. The minimum Gasteiger partial charge on any atom is -0.497 e. The smallest absolute Gasteiger partial charge is 0.250 e. The number of thiophene rings is 1. The molecule has 0 aliphatic carbocycles. The molecule has 2 aromatic rings. The first kappa shape index (κ1) is 15.0. The van der Waals surface area contributed by atoms with Gasteiger partial charge < -0.3 is 4.74 Å². The summed E-state index contributed by atoms with van der Waals surface area (Å²) in [5, 5.41) is 1.75. The molecule has 1 N–H and O–H groups in total. The van der Waals surface area contributed by atoms with Gasteiger partial charge in [-0.2, -0.15) is 0 Å². The van der Waals surface area contributed by atoms with Crippen LogP contribution in [0.15, 0.2) is 46.0 Å². The Kier molecular flexibility index (Phi) is 4.80. The second-order valence-corrected chi connectivity index (χ2v) is 7.18. The van der Waals surface area contributed by atoms with Crippen LogP contribution >= 0.6 is 11.3 Å². The van der Waals surface area contributed by atoms with E-state index in [1.54, 1.807) is 24.6 Å². The molecule has 20 heavy (non-hydrogen) atoms. The van der Waals surface area contributed by atoms with Gasteiger partial charge in [-0.1, -0.05) is 25.1 Å². The second kappa shape index (κ2) is 6.39. The number of ether oxygens (including phenoxy) is 1. The van der Waals surface area contributed by atoms with Crippen LogP contribution < -0.4 is 9.46 Å². The maximum absolute atomic E-state index is 12.2. The maximum atomic E-state index is 12.2. The zero-order chi connectivity index (χ0) is 14.6. The molecule has 0 amide bonds. The van der Waals surface area contributed by atoms with E-state index in [-0.39, 0.29) is 6.04 Å². The third-order valence-electron chi connectivity index (χ3n) is 2.98. The van der Waals surface area contributed by atoms with E-state index in [1.165, 1.54) is 11.3 Å². The first-order chi connectivity index (χ1) is 9.56. The van der Waals surface area contributed by atoms with Crippen LogP contribution in [0, 0.1) is 0 Å². The fourth-order valence-corrected chi connectivity index (χ4v) is 4.20. The molecule has 4 nitrogen and oxygen atoms in total. The van der Waals surface area contributed by atoms with Crippen LogP contribution in [0.2, 0.25) is 0 Å². The Morgan fingerprint density at radius 2 is 1.95 bits per heavy atom. The van der Waals surface area contributed by atoms with Crippen LogP contribution in [0.25, 0.3) is 0 Å². The molecule has 0 bridgehead atoms. The Balaban J connectivity index is 2.20. The number of sulfonamides is 1. The fraction of sp³-hybridized carbons (Fsp3) is 0.286. The third-order valence-corrected chi connectivity index (χ3v) is 5.85. The van der Waals surface area contributed by atoms with Crippen molar-refractivity contribution in [3.8, 4) is 5.75 Å². The highest BCUT2D eigenvalue weighted by Gasteiger charge is 2.20. The van der Waals surface area contributed by atoms with E-state index >= 15 is 0 Å². The quantitative estimate of drug-likeness (QED) is 0.891. The van der Waals surface area contributed by atoms with Crippen molar-refractivity contribution in [1.29, 1.82) is 0 Å². The summed E-state index contributed by atoms with van der Waals surface area (Å²) >= 11 is 1.21. The average Bonchev–Trinajstić information content (AvgIpc) is 3.00.